The van der Waals surface area contributed by atoms with Crippen molar-refractivity contribution in [1.29, 1.82) is 0 Å². The monoisotopic (exact) mass is 323 g/mol. The van der Waals surface area contributed by atoms with Gasteiger partial charge >= 0.3 is 6.03 Å². The van der Waals surface area contributed by atoms with Gasteiger partial charge in [0.2, 0.25) is 5.91 Å². The number of nitrogens with zero attached hydrogens (tertiary/aromatic N) is 1. The lowest BCUT2D eigenvalue weighted by Crippen LogP contribution is -2.32. The van der Waals surface area contributed by atoms with Crippen molar-refractivity contribution in [1.82, 2.24) is 10.2 Å². The van der Waals surface area contributed by atoms with E-state index in [9.17, 15) is 14.4 Å². The molecule has 4 amide bonds. The summed E-state index contributed by atoms with van der Waals surface area (Å²) in [5, 5.41) is 2.72. The van der Waals surface area contributed by atoms with Crippen LogP contribution in [0.1, 0.15) is 21.5 Å². The van der Waals surface area contributed by atoms with Crippen molar-refractivity contribution in [3.05, 3.63) is 71.3 Å². The second-order valence-electron chi connectivity index (χ2n) is 5.68. The van der Waals surface area contributed by atoms with Crippen molar-refractivity contribution in [3.63, 3.8) is 0 Å². The quantitative estimate of drug-likeness (QED) is 0.816. The largest absolute Gasteiger partial charge is 0.366 e. The van der Waals surface area contributed by atoms with E-state index < -0.39 is 18.0 Å². The second kappa shape index (κ2) is 6.54. The Kier molecular flexibility index (Phi) is 4.29. The molecule has 0 aliphatic carbocycles. The number of hydrogen-bond acceptors (Lipinski definition) is 3. The summed E-state index contributed by atoms with van der Waals surface area (Å²) in [5.41, 5.74) is 7.33. The third-order valence-electron chi connectivity index (χ3n) is 3.97. The molecule has 2 aromatic carbocycles. The lowest BCUT2D eigenvalue weighted by Gasteiger charge is -2.13. The van der Waals surface area contributed by atoms with Gasteiger partial charge < -0.3 is 11.1 Å². The normalized spacial score (nSPS) is 17.0. The summed E-state index contributed by atoms with van der Waals surface area (Å²) in [7, 11) is 0. The van der Waals surface area contributed by atoms with Gasteiger partial charge in [0, 0.05) is 12.0 Å². The van der Waals surface area contributed by atoms with Crippen molar-refractivity contribution in [2.75, 3.05) is 0 Å². The Morgan fingerprint density at radius 1 is 1.00 bits per heavy atom. The third kappa shape index (κ3) is 3.27. The van der Waals surface area contributed by atoms with E-state index in [-0.39, 0.29) is 12.5 Å². The number of nitrogens with two attached hydrogens (primary N) is 1. The summed E-state index contributed by atoms with van der Waals surface area (Å²) in [6, 6.07) is 15.1. The number of hydrogen-bond donors (Lipinski definition) is 2. The highest BCUT2D eigenvalue weighted by Gasteiger charge is 2.37. The highest BCUT2D eigenvalue weighted by Crippen LogP contribution is 2.16. The van der Waals surface area contributed by atoms with Gasteiger partial charge in [0.05, 0.1) is 6.54 Å². The Morgan fingerprint density at radius 2 is 1.67 bits per heavy atom. The van der Waals surface area contributed by atoms with Crippen molar-refractivity contribution >= 4 is 17.8 Å². The van der Waals surface area contributed by atoms with Crippen molar-refractivity contribution in [3.8, 4) is 0 Å². The molecule has 0 spiro atoms. The van der Waals surface area contributed by atoms with Crippen LogP contribution in [-0.2, 0) is 17.8 Å². The molecule has 122 valence electrons. The predicted molar refractivity (Wildman–Crippen MR) is 88.0 cm³/mol. The van der Waals surface area contributed by atoms with Crippen LogP contribution < -0.4 is 11.1 Å². The summed E-state index contributed by atoms with van der Waals surface area (Å²) in [5.74, 6) is -0.762. The first-order chi connectivity index (χ1) is 11.5. The summed E-state index contributed by atoms with van der Waals surface area (Å²) in [6.07, 6.45) is 0.461. The number of primary amides is 1. The molecule has 1 atom stereocenters. The molecule has 2 aromatic rings. The average Bonchev–Trinajstić information content (AvgIpc) is 2.84. The van der Waals surface area contributed by atoms with Gasteiger partial charge in [-0.2, -0.15) is 0 Å². The van der Waals surface area contributed by atoms with E-state index in [1.807, 2.05) is 30.3 Å². The number of carbonyl (C=O) groups is 3. The van der Waals surface area contributed by atoms with E-state index in [0.29, 0.717) is 12.0 Å². The maximum Gasteiger partial charge on any atom is 0.325 e. The number of imide groups is 1. The summed E-state index contributed by atoms with van der Waals surface area (Å²) in [4.78, 5) is 36.8. The van der Waals surface area contributed by atoms with Gasteiger partial charge in [-0.15, -0.1) is 0 Å². The topological polar surface area (TPSA) is 92.5 Å². The Morgan fingerprint density at radius 3 is 2.29 bits per heavy atom. The Hall–Kier alpha value is -3.15. The maximum atomic E-state index is 12.5. The van der Waals surface area contributed by atoms with Crippen LogP contribution in [0.3, 0.4) is 0 Å². The summed E-state index contributed by atoms with van der Waals surface area (Å²) >= 11 is 0. The average molecular weight is 323 g/mol. The first kappa shape index (κ1) is 15.7. The lowest BCUT2D eigenvalue weighted by molar-refractivity contribution is -0.127. The minimum Gasteiger partial charge on any atom is -0.366 e. The Balaban J connectivity index is 1.69. The zero-order chi connectivity index (χ0) is 17.1. The molecule has 1 heterocycles. The highest BCUT2D eigenvalue weighted by atomic mass is 16.2. The van der Waals surface area contributed by atoms with Gasteiger partial charge in [0.1, 0.15) is 6.04 Å². The summed E-state index contributed by atoms with van der Waals surface area (Å²) < 4.78 is 0. The fraction of sp³-hybridized carbons (Fsp3) is 0.167. The molecule has 0 aromatic heterocycles. The van der Waals surface area contributed by atoms with Gasteiger partial charge in [0.15, 0.2) is 0 Å². The molecule has 1 saturated heterocycles. The first-order valence-electron chi connectivity index (χ1n) is 7.59. The van der Waals surface area contributed by atoms with Crippen LogP contribution in [0.15, 0.2) is 54.6 Å². The number of rotatable bonds is 5. The van der Waals surface area contributed by atoms with Crippen LogP contribution in [0.25, 0.3) is 0 Å². The van der Waals surface area contributed by atoms with Gasteiger partial charge in [-0.1, -0.05) is 42.5 Å². The third-order valence-corrected chi connectivity index (χ3v) is 3.97. The molecule has 0 radical (unpaired) electrons. The van der Waals surface area contributed by atoms with Gasteiger partial charge in [-0.05, 0) is 23.3 Å². The molecule has 0 saturated carbocycles. The van der Waals surface area contributed by atoms with E-state index in [0.717, 1.165) is 11.1 Å². The predicted octanol–water partition coefficient (Wildman–Crippen LogP) is 1.45. The van der Waals surface area contributed by atoms with Crippen LogP contribution in [0.5, 0.6) is 0 Å². The van der Waals surface area contributed by atoms with Crippen LogP contribution >= 0.6 is 0 Å². The van der Waals surface area contributed by atoms with Crippen LogP contribution in [0.4, 0.5) is 4.79 Å². The van der Waals surface area contributed by atoms with Crippen molar-refractivity contribution in [2.24, 2.45) is 5.73 Å². The van der Waals surface area contributed by atoms with Crippen molar-refractivity contribution in [2.45, 2.75) is 19.0 Å². The molecule has 6 heteroatoms. The molecular formula is C18H17N3O3. The zero-order valence-electron chi connectivity index (χ0n) is 12.9. The standard InChI is InChI=1S/C18H17N3O3/c19-16(22)14-8-6-13(7-9-14)11-21-17(23)15(20-18(21)24)10-12-4-2-1-3-5-12/h1-9,15H,10-11H2,(H2,19,22)(H,20,24). The molecule has 3 N–H and O–H groups in total. The number of urea groups is 1. The molecule has 24 heavy (non-hydrogen) atoms. The van der Waals surface area contributed by atoms with E-state index in [1.54, 1.807) is 24.3 Å². The van der Waals surface area contributed by atoms with E-state index in [1.165, 1.54) is 4.90 Å². The van der Waals surface area contributed by atoms with Crippen LogP contribution in [-0.4, -0.2) is 28.8 Å². The second-order valence-corrected chi connectivity index (χ2v) is 5.68. The van der Waals surface area contributed by atoms with E-state index in [4.69, 9.17) is 5.73 Å². The minimum absolute atomic E-state index is 0.162. The zero-order valence-corrected chi connectivity index (χ0v) is 12.9. The molecule has 3 rings (SSSR count). The SMILES string of the molecule is NC(=O)c1ccc(CN2C(=O)NC(Cc3ccccc3)C2=O)cc1. The fourth-order valence-corrected chi connectivity index (χ4v) is 2.67. The smallest absolute Gasteiger partial charge is 0.325 e. The minimum atomic E-state index is -0.551. The first-order valence-corrected chi connectivity index (χ1v) is 7.59. The molecule has 0 bridgehead atoms. The number of amides is 4. The number of benzene rings is 2. The number of nitrogens with one attached hydrogen (secondary N) is 1. The number of carbonyl (C=O) groups excluding carboxylic acids is 3. The van der Waals surface area contributed by atoms with Crippen LogP contribution in [0, 0.1) is 0 Å². The molecular weight excluding hydrogens is 306 g/mol. The van der Waals surface area contributed by atoms with E-state index in [2.05, 4.69) is 5.32 Å². The Labute approximate surface area is 139 Å². The summed E-state index contributed by atoms with van der Waals surface area (Å²) in [6.45, 7) is 0.162. The van der Waals surface area contributed by atoms with E-state index >= 15 is 0 Å². The van der Waals surface area contributed by atoms with Gasteiger partial charge in [-0.3, -0.25) is 14.5 Å². The molecule has 6 nitrogen and oxygen atoms in total. The molecule has 1 fully saturated rings. The fourth-order valence-electron chi connectivity index (χ4n) is 2.67. The highest BCUT2D eigenvalue weighted by molar-refractivity contribution is 6.04. The molecule has 1 aliphatic rings. The Bertz CT molecular complexity index is 772. The maximum absolute atomic E-state index is 12.5. The lowest BCUT2D eigenvalue weighted by atomic mass is 10.1. The van der Waals surface area contributed by atoms with Gasteiger partial charge in [-0.25, -0.2) is 4.79 Å². The molecule has 1 unspecified atom stereocenters. The van der Waals surface area contributed by atoms with Gasteiger partial charge in [0.25, 0.3) is 5.91 Å². The van der Waals surface area contributed by atoms with Crippen LogP contribution in [0.2, 0.25) is 0 Å². The molecule has 1 aliphatic heterocycles. The van der Waals surface area contributed by atoms with Crippen molar-refractivity contribution < 1.29 is 14.4 Å².